The van der Waals surface area contributed by atoms with Crippen molar-refractivity contribution in [1.29, 1.82) is 0 Å². The monoisotopic (exact) mass is 607 g/mol. The lowest BCUT2D eigenvalue weighted by Crippen LogP contribution is -2.11. The van der Waals surface area contributed by atoms with Gasteiger partial charge < -0.3 is 4.57 Å². The van der Waals surface area contributed by atoms with Gasteiger partial charge in [-0.1, -0.05) is 87.5 Å². The second-order valence-electron chi connectivity index (χ2n) is 12.9. The van der Waals surface area contributed by atoms with Gasteiger partial charge >= 0.3 is 0 Å². The summed E-state index contributed by atoms with van der Waals surface area (Å²) in [6.07, 6.45) is 7.59. The van der Waals surface area contributed by atoms with Crippen molar-refractivity contribution in [3.05, 3.63) is 152 Å². The van der Waals surface area contributed by atoms with E-state index < -0.39 is 0 Å². The van der Waals surface area contributed by atoms with Gasteiger partial charge in [-0.3, -0.25) is 15.0 Å². The van der Waals surface area contributed by atoms with Crippen LogP contribution in [-0.4, -0.2) is 24.5 Å². The topological polar surface area (TPSA) is 56.5 Å². The van der Waals surface area contributed by atoms with E-state index in [1.165, 1.54) is 11.1 Å². The third kappa shape index (κ3) is 5.36. The van der Waals surface area contributed by atoms with Crippen LogP contribution >= 0.6 is 0 Å². The molecule has 5 heterocycles. The molecule has 0 bridgehead atoms. The van der Waals surface area contributed by atoms with Crippen molar-refractivity contribution in [1.82, 2.24) is 24.5 Å². The third-order valence-electron chi connectivity index (χ3n) is 8.72. The average Bonchev–Trinajstić information content (AvgIpc) is 3.46. The summed E-state index contributed by atoms with van der Waals surface area (Å²) in [6, 6.07) is 42.3. The number of rotatable bonds is 5. The van der Waals surface area contributed by atoms with Crippen LogP contribution < -0.4 is 0 Å². The van der Waals surface area contributed by atoms with Crippen molar-refractivity contribution in [3.8, 4) is 50.6 Å². The first-order valence-corrected chi connectivity index (χ1v) is 15.9. The van der Waals surface area contributed by atoms with Crippen LogP contribution in [0.25, 0.3) is 72.5 Å². The van der Waals surface area contributed by atoms with Gasteiger partial charge in [0.1, 0.15) is 0 Å². The van der Waals surface area contributed by atoms with E-state index in [9.17, 15) is 0 Å². The summed E-state index contributed by atoms with van der Waals surface area (Å²) in [5.41, 5.74) is 13.2. The minimum atomic E-state index is -0.0163. The van der Waals surface area contributed by atoms with Gasteiger partial charge in [0, 0.05) is 35.1 Å². The molecule has 0 aliphatic rings. The van der Waals surface area contributed by atoms with Crippen LogP contribution in [0.4, 0.5) is 0 Å². The van der Waals surface area contributed by atoms with Gasteiger partial charge in [-0.2, -0.15) is 0 Å². The highest BCUT2D eigenvalue weighted by molar-refractivity contribution is 6.07. The Bertz CT molecular complexity index is 2350. The fraction of sp³-hybridized carbons (Fsp3) is 0.0952. The number of hydrogen-bond donors (Lipinski definition) is 0. The fourth-order valence-electron chi connectivity index (χ4n) is 6.27. The molecule has 0 unspecified atom stereocenters. The highest BCUT2D eigenvalue weighted by atomic mass is 15.0. The zero-order valence-electron chi connectivity index (χ0n) is 26.6. The van der Waals surface area contributed by atoms with Gasteiger partial charge in [-0.05, 0) is 82.3 Å². The van der Waals surface area contributed by atoms with E-state index in [4.69, 9.17) is 19.9 Å². The predicted octanol–water partition coefficient (Wildman–Crippen LogP) is 10.3. The van der Waals surface area contributed by atoms with E-state index in [0.29, 0.717) is 0 Å². The quantitative estimate of drug-likeness (QED) is 0.195. The molecule has 0 amide bonds. The zero-order chi connectivity index (χ0) is 32.0. The van der Waals surface area contributed by atoms with E-state index >= 15 is 0 Å². The molecule has 226 valence electrons. The number of hydrogen-bond acceptors (Lipinski definition) is 4. The molecule has 0 N–H and O–H groups in total. The molecule has 0 spiro atoms. The third-order valence-corrected chi connectivity index (χ3v) is 8.72. The van der Waals surface area contributed by atoms with Crippen molar-refractivity contribution >= 4 is 21.9 Å². The van der Waals surface area contributed by atoms with Crippen LogP contribution in [-0.2, 0) is 5.41 Å². The van der Waals surface area contributed by atoms with E-state index in [1.807, 2.05) is 36.9 Å². The van der Waals surface area contributed by atoms with Crippen molar-refractivity contribution in [2.45, 2.75) is 26.2 Å². The summed E-state index contributed by atoms with van der Waals surface area (Å²) in [5.74, 6) is 0. The second kappa shape index (κ2) is 11.5. The second-order valence-corrected chi connectivity index (χ2v) is 12.9. The summed E-state index contributed by atoms with van der Waals surface area (Å²) in [4.78, 5) is 19.5. The Balaban J connectivity index is 1.32. The summed E-state index contributed by atoms with van der Waals surface area (Å²) >= 11 is 0. The van der Waals surface area contributed by atoms with Gasteiger partial charge in [0.25, 0.3) is 0 Å². The van der Waals surface area contributed by atoms with Crippen molar-refractivity contribution in [2.75, 3.05) is 0 Å². The Kier molecular flexibility index (Phi) is 6.95. The van der Waals surface area contributed by atoms with E-state index in [2.05, 4.69) is 135 Å². The first-order valence-electron chi connectivity index (χ1n) is 15.9. The molecule has 8 aromatic rings. The first kappa shape index (κ1) is 28.5. The molecule has 5 aromatic heterocycles. The summed E-state index contributed by atoms with van der Waals surface area (Å²) in [7, 11) is 0. The summed E-state index contributed by atoms with van der Waals surface area (Å²) in [5, 5.41) is 1.12. The van der Waals surface area contributed by atoms with Gasteiger partial charge in [0.2, 0.25) is 0 Å². The molecule has 5 heteroatoms. The summed E-state index contributed by atoms with van der Waals surface area (Å²) in [6.45, 7) is 6.66. The number of aromatic nitrogens is 5. The number of para-hydroxylation sites is 1. The zero-order valence-corrected chi connectivity index (χ0v) is 26.6. The number of fused-ring (bicyclic) bond motifs is 3. The Morgan fingerprint density at radius 2 is 1.28 bits per heavy atom. The minimum Gasteiger partial charge on any atom is -0.306 e. The smallest absolute Gasteiger partial charge is 0.0963 e. The predicted molar refractivity (Wildman–Crippen MR) is 192 cm³/mol. The number of pyridine rings is 4. The maximum Gasteiger partial charge on any atom is 0.0963 e. The lowest BCUT2D eigenvalue weighted by molar-refractivity contribution is 0.589. The first-order chi connectivity index (χ1) is 22.9. The number of benzene rings is 3. The molecule has 0 atom stereocenters. The SMILES string of the molecule is CC(C)(C)c1ccnc(-c2cc(-c3cncc(-n4c5ccccc5c5ncccc54)c3)cc(-c3cccc(-c4ccccc4)c3)n2)c1. The van der Waals surface area contributed by atoms with Gasteiger partial charge in [-0.15, -0.1) is 0 Å². The lowest BCUT2D eigenvalue weighted by Gasteiger charge is -2.19. The molecule has 47 heavy (non-hydrogen) atoms. The van der Waals surface area contributed by atoms with Crippen LogP contribution in [0.3, 0.4) is 0 Å². The van der Waals surface area contributed by atoms with Gasteiger partial charge in [0.05, 0.1) is 45.5 Å². The van der Waals surface area contributed by atoms with Crippen LogP contribution in [0.5, 0.6) is 0 Å². The maximum atomic E-state index is 5.22. The molecule has 0 saturated carbocycles. The normalized spacial score (nSPS) is 11.7. The highest BCUT2D eigenvalue weighted by Gasteiger charge is 2.18. The molecule has 0 aliphatic heterocycles. The Hall–Kier alpha value is -5.94. The van der Waals surface area contributed by atoms with Crippen molar-refractivity contribution < 1.29 is 0 Å². The van der Waals surface area contributed by atoms with Crippen LogP contribution in [0, 0.1) is 0 Å². The summed E-state index contributed by atoms with van der Waals surface area (Å²) < 4.78 is 2.24. The van der Waals surface area contributed by atoms with Gasteiger partial charge in [-0.25, -0.2) is 4.98 Å². The Labute approximate surface area is 274 Å². The number of nitrogens with zero attached hydrogens (tertiary/aromatic N) is 5. The Morgan fingerprint density at radius 3 is 2.15 bits per heavy atom. The Morgan fingerprint density at radius 1 is 0.511 bits per heavy atom. The van der Waals surface area contributed by atoms with E-state index in [-0.39, 0.29) is 5.41 Å². The van der Waals surface area contributed by atoms with Crippen LogP contribution in [0.2, 0.25) is 0 Å². The maximum absolute atomic E-state index is 5.22. The molecular weight excluding hydrogens is 574 g/mol. The van der Waals surface area contributed by atoms with E-state index in [0.717, 1.165) is 67.0 Å². The highest BCUT2D eigenvalue weighted by Crippen LogP contribution is 2.35. The average molecular weight is 608 g/mol. The molecule has 0 saturated heterocycles. The van der Waals surface area contributed by atoms with Gasteiger partial charge in [0.15, 0.2) is 0 Å². The van der Waals surface area contributed by atoms with E-state index in [1.54, 1.807) is 0 Å². The molecule has 3 aromatic carbocycles. The van der Waals surface area contributed by atoms with Crippen molar-refractivity contribution in [2.24, 2.45) is 0 Å². The minimum absolute atomic E-state index is 0.0163. The fourth-order valence-corrected chi connectivity index (χ4v) is 6.27. The standard InChI is InChI=1S/C42H33N5/c1-42(2,3)33-18-20-44-37(25-33)38-24-31(23-36(46-38)30-14-9-13-29(21-30)28-11-5-4-6-12-28)32-22-34(27-43-26-32)47-39-16-8-7-15-35(39)41-40(47)17-10-19-45-41/h4-27H,1-3H3. The lowest BCUT2D eigenvalue weighted by atomic mass is 9.87. The van der Waals surface area contributed by atoms with Crippen molar-refractivity contribution in [3.63, 3.8) is 0 Å². The molecule has 0 aliphatic carbocycles. The molecule has 0 fully saturated rings. The largest absolute Gasteiger partial charge is 0.306 e. The molecular formula is C42H33N5. The molecule has 5 nitrogen and oxygen atoms in total. The molecule has 0 radical (unpaired) electrons. The molecule has 8 rings (SSSR count). The van der Waals surface area contributed by atoms with Crippen LogP contribution in [0.15, 0.2) is 146 Å². The van der Waals surface area contributed by atoms with Crippen LogP contribution in [0.1, 0.15) is 26.3 Å².